The van der Waals surface area contributed by atoms with Gasteiger partial charge < -0.3 is 20.2 Å². The number of nitrogens with two attached hydrogens (primary N) is 1. The second kappa shape index (κ2) is 7.45. The Hall–Kier alpha value is -2.05. The minimum atomic E-state index is -0.440. The van der Waals surface area contributed by atoms with Crippen LogP contribution in [0.5, 0.6) is 0 Å². The number of hydrogen-bond donors (Lipinski definition) is 2. The number of amides is 2. The lowest BCUT2D eigenvalue weighted by Gasteiger charge is -2.30. The maximum absolute atomic E-state index is 12.7. The van der Waals surface area contributed by atoms with Crippen LogP contribution in [0.4, 0.5) is 0 Å². The Bertz CT molecular complexity index is 796. The molecule has 1 aromatic heterocycles. The van der Waals surface area contributed by atoms with Crippen molar-refractivity contribution in [3.05, 3.63) is 34.5 Å². The first-order chi connectivity index (χ1) is 12.0. The van der Waals surface area contributed by atoms with Crippen LogP contribution >= 0.6 is 11.6 Å². The van der Waals surface area contributed by atoms with Crippen molar-refractivity contribution in [3.8, 4) is 0 Å². The molecule has 1 aliphatic heterocycles. The molecular formula is C18H21ClN2O4. The van der Waals surface area contributed by atoms with Gasteiger partial charge in [-0.2, -0.15) is 0 Å². The van der Waals surface area contributed by atoms with Crippen molar-refractivity contribution < 1.29 is 18.7 Å². The number of primary amides is 1. The third-order valence-electron chi connectivity index (χ3n) is 4.68. The summed E-state index contributed by atoms with van der Waals surface area (Å²) in [4.78, 5) is 24.2. The van der Waals surface area contributed by atoms with Crippen LogP contribution in [0.2, 0.25) is 5.02 Å². The molecule has 0 unspecified atom stereocenters. The number of nitrogens with one attached hydrogen (secondary N) is 1. The van der Waals surface area contributed by atoms with Crippen LogP contribution in [0.25, 0.3) is 11.0 Å². The number of furan rings is 1. The number of carbonyl (C=O) groups excluding carboxylic acids is 2. The Morgan fingerprint density at radius 2 is 2.08 bits per heavy atom. The molecule has 2 heterocycles. The predicted molar refractivity (Wildman–Crippen MR) is 94.6 cm³/mol. The Balaban J connectivity index is 1.83. The minimum absolute atomic E-state index is 0.0987. The van der Waals surface area contributed by atoms with E-state index < -0.39 is 5.91 Å². The number of benzene rings is 1. The summed E-state index contributed by atoms with van der Waals surface area (Å²) in [5.41, 5.74) is 6.69. The monoisotopic (exact) mass is 364 g/mol. The van der Waals surface area contributed by atoms with Crippen LogP contribution in [-0.4, -0.2) is 31.1 Å². The van der Waals surface area contributed by atoms with E-state index in [2.05, 4.69) is 5.32 Å². The van der Waals surface area contributed by atoms with Crippen molar-refractivity contribution in [1.82, 2.24) is 5.32 Å². The predicted octanol–water partition coefficient (Wildman–Crippen LogP) is 2.80. The van der Waals surface area contributed by atoms with Gasteiger partial charge in [0.2, 0.25) is 5.91 Å². The van der Waals surface area contributed by atoms with E-state index in [4.69, 9.17) is 26.5 Å². The lowest BCUT2D eigenvalue weighted by Crippen LogP contribution is -2.44. The molecule has 3 N–H and O–H groups in total. The van der Waals surface area contributed by atoms with Crippen LogP contribution < -0.4 is 11.1 Å². The molecular weight excluding hydrogens is 344 g/mol. The Morgan fingerprint density at radius 1 is 1.36 bits per heavy atom. The minimum Gasteiger partial charge on any atom is -0.451 e. The molecule has 0 radical (unpaired) electrons. The van der Waals surface area contributed by atoms with Gasteiger partial charge in [-0.25, -0.2) is 0 Å². The van der Waals surface area contributed by atoms with Gasteiger partial charge in [-0.15, -0.1) is 0 Å². The molecule has 1 atom stereocenters. The van der Waals surface area contributed by atoms with Crippen LogP contribution in [-0.2, 0) is 9.53 Å². The highest BCUT2D eigenvalue weighted by Gasteiger charge is 2.29. The molecule has 1 aromatic carbocycles. The topological polar surface area (TPSA) is 94.6 Å². The summed E-state index contributed by atoms with van der Waals surface area (Å²) < 4.78 is 11.1. The summed E-state index contributed by atoms with van der Waals surface area (Å²) in [6.45, 7) is 3.06. The summed E-state index contributed by atoms with van der Waals surface area (Å²) in [6.07, 6.45) is 1.67. The quantitative estimate of drug-likeness (QED) is 0.852. The highest BCUT2D eigenvalue weighted by Crippen LogP contribution is 2.28. The van der Waals surface area contributed by atoms with Crippen molar-refractivity contribution in [1.29, 1.82) is 0 Å². The molecule has 1 fully saturated rings. The van der Waals surface area contributed by atoms with Gasteiger partial charge in [0, 0.05) is 41.6 Å². The number of ether oxygens (including phenoxy) is 1. The fourth-order valence-corrected chi connectivity index (χ4v) is 3.49. The SMILES string of the molecule is Cc1c(C(=O)N[C@H](CC(N)=O)C2CCOCC2)oc2ccc(Cl)cc12. The second-order valence-electron chi connectivity index (χ2n) is 6.40. The fourth-order valence-electron chi connectivity index (χ4n) is 3.31. The van der Waals surface area contributed by atoms with E-state index >= 15 is 0 Å². The zero-order chi connectivity index (χ0) is 18.0. The highest BCUT2D eigenvalue weighted by molar-refractivity contribution is 6.31. The summed E-state index contributed by atoms with van der Waals surface area (Å²) in [7, 11) is 0. The van der Waals surface area contributed by atoms with E-state index in [1.165, 1.54) is 0 Å². The second-order valence-corrected chi connectivity index (χ2v) is 6.83. The molecule has 0 aliphatic carbocycles. The number of fused-ring (bicyclic) bond motifs is 1. The Morgan fingerprint density at radius 3 is 2.76 bits per heavy atom. The third kappa shape index (κ3) is 3.96. The van der Waals surface area contributed by atoms with Gasteiger partial charge in [-0.1, -0.05) is 11.6 Å². The standard InChI is InChI=1S/C18H21ClN2O4/c1-10-13-8-12(19)2-3-15(13)25-17(10)18(23)21-14(9-16(20)22)11-4-6-24-7-5-11/h2-3,8,11,14H,4-7,9H2,1H3,(H2,20,22)(H,21,23)/t14-/m1/s1. The van der Waals surface area contributed by atoms with E-state index in [1.807, 2.05) is 6.92 Å². The molecule has 0 spiro atoms. The molecule has 1 aliphatic rings. The van der Waals surface area contributed by atoms with E-state index in [0.717, 1.165) is 23.8 Å². The van der Waals surface area contributed by atoms with Crippen molar-refractivity contribution in [3.63, 3.8) is 0 Å². The molecule has 7 heteroatoms. The number of carbonyl (C=O) groups is 2. The van der Waals surface area contributed by atoms with Crippen LogP contribution in [0.3, 0.4) is 0 Å². The summed E-state index contributed by atoms with van der Waals surface area (Å²) in [5.74, 6) is -0.393. The van der Waals surface area contributed by atoms with E-state index in [-0.39, 0.29) is 30.0 Å². The highest BCUT2D eigenvalue weighted by atomic mass is 35.5. The number of halogens is 1. The van der Waals surface area contributed by atoms with E-state index in [9.17, 15) is 9.59 Å². The largest absolute Gasteiger partial charge is 0.451 e. The molecule has 3 rings (SSSR count). The molecule has 1 saturated heterocycles. The molecule has 134 valence electrons. The third-order valence-corrected chi connectivity index (χ3v) is 4.91. The first-order valence-electron chi connectivity index (χ1n) is 8.31. The summed E-state index contributed by atoms with van der Waals surface area (Å²) >= 11 is 6.02. The van der Waals surface area contributed by atoms with Crippen molar-refractivity contribution >= 4 is 34.4 Å². The zero-order valence-corrected chi connectivity index (χ0v) is 14.8. The smallest absolute Gasteiger partial charge is 0.287 e. The molecule has 6 nitrogen and oxygen atoms in total. The first kappa shape index (κ1) is 17.8. The Kier molecular flexibility index (Phi) is 5.30. The molecule has 0 saturated carbocycles. The average molecular weight is 365 g/mol. The van der Waals surface area contributed by atoms with Gasteiger partial charge in [0.05, 0.1) is 0 Å². The van der Waals surface area contributed by atoms with Gasteiger partial charge >= 0.3 is 0 Å². The molecule has 2 amide bonds. The number of hydrogen-bond acceptors (Lipinski definition) is 4. The van der Waals surface area contributed by atoms with Crippen molar-refractivity contribution in [2.75, 3.05) is 13.2 Å². The normalized spacial score (nSPS) is 16.7. The van der Waals surface area contributed by atoms with Crippen LogP contribution in [0.15, 0.2) is 22.6 Å². The number of aryl methyl sites for hydroxylation is 1. The van der Waals surface area contributed by atoms with E-state index in [1.54, 1.807) is 18.2 Å². The number of rotatable bonds is 5. The maximum atomic E-state index is 12.7. The van der Waals surface area contributed by atoms with Crippen LogP contribution in [0.1, 0.15) is 35.4 Å². The summed E-state index contributed by atoms with van der Waals surface area (Å²) in [5, 5.41) is 4.31. The van der Waals surface area contributed by atoms with Crippen LogP contribution in [0, 0.1) is 12.8 Å². The summed E-state index contributed by atoms with van der Waals surface area (Å²) in [6, 6.07) is 4.89. The van der Waals surface area contributed by atoms with E-state index in [0.29, 0.717) is 23.8 Å². The average Bonchev–Trinajstić information content (AvgIpc) is 2.91. The Labute approximate surface area is 150 Å². The molecule has 25 heavy (non-hydrogen) atoms. The van der Waals surface area contributed by atoms with Crippen molar-refractivity contribution in [2.45, 2.75) is 32.2 Å². The van der Waals surface area contributed by atoms with Gasteiger partial charge in [-0.05, 0) is 43.9 Å². The van der Waals surface area contributed by atoms with Gasteiger partial charge in [0.1, 0.15) is 5.58 Å². The molecule has 0 bridgehead atoms. The lowest BCUT2D eigenvalue weighted by molar-refractivity contribution is -0.118. The lowest BCUT2D eigenvalue weighted by atomic mass is 9.89. The molecule has 2 aromatic rings. The van der Waals surface area contributed by atoms with Gasteiger partial charge in [-0.3, -0.25) is 9.59 Å². The first-order valence-corrected chi connectivity index (χ1v) is 8.69. The fraction of sp³-hybridized carbons (Fsp3) is 0.444. The van der Waals surface area contributed by atoms with Crippen molar-refractivity contribution in [2.24, 2.45) is 11.7 Å². The van der Waals surface area contributed by atoms with Gasteiger partial charge in [0.25, 0.3) is 5.91 Å². The van der Waals surface area contributed by atoms with Gasteiger partial charge in [0.15, 0.2) is 5.76 Å². The zero-order valence-electron chi connectivity index (χ0n) is 14.0. The maximum Gasteiger partial charge on any atom is 0.287 e.